The normalized spacial score (nSPS) is 10.7. The summed E-state index contributed by atoms with van der Waals surface area (Å²) in [5.74, 6) is -1.63. The number of rotatable bonds is 5. The number of aromatic nitrogens is 4. The lowest BCUT2D eigenvalue weighted by Crippen LogP contribution is -2.29. The van der Waals surface area contributed by atoms with E-state index in [4.69, 9.17) is 5.11 Å². The first-order valence-corrected chi connectivity index (χ1v) is 7.37. The monoisotopic (exact) mass is 369 g/mol. The maximum Gasteiger partial charge on any atom is 0.339 e. The topological polar surface area (TPSA) is 93.3 Å². The van der Waals surface area contributed by atoms with Crippen molar-refractivity contribution in [2.75, 3.05) is 7.05 Å². The van der Waals surface area contributed by atoms with E-state index in [1.807, 2.05) is 6.92 Å². The number of halogens is 1. The number of carbonyl (C=O) groups excluding carboxylic acids is 1. The molecule has 2 heterocycles. The van der Waals surface area contributed by atoms with Crippen LogP contribution < -0.4 is 0 Å². The van der Waals surface area contributed by atoms with E-state index >= 15 is 0 Å². The van der Waals surface area contributed by atoms with Crippen LogP contribution in [0, 0.1) is 0 Å². The zero-order valence-electron chi connectivity index (χ0n) is 12.4. The number of aryl methyl sites for hydroxylation is 2. The van der Waals surface area contributed by atoms with Gasteiger partial charge in [0.15, 0.2) is 5.69 Å². The van der Waals surface area contributed by atoms with Gasteiger partial charge in [-0.25, -0.2) is 4.79 Å². The number of aromatic carboxylic acids is 1. The summed E-state index contributed by atoms with van der Waals surface area (Å²) in [5, 5.41) is 17.3. The largest absolute Gasteiger partial charge is 0.478 e. The zero-order valence-corrected chi connectivity index (χ0v) is 14.0. The predicted molar refractivity (Wildman–Crippen MR) is 81.6 cm³/mol. The summed E-state index contributed by atoms with van der Waals surface area (Å²) in [4.78, 5) is 25.1. The number of carboxylic acids is 1. The first-order valence-electron chi connectivity index (χ1n) is 6.57. The highest BCUT2D eigenvalue weighted by Crippen LogP contribution is 2.19. The Morgan fingerprint density at radius 3 is 2.73 bits per heavy atom. The van der Waals surface area contributed by atoms with Crippen molar-refractivity contribution in [3.05, 3.63) is 33.8 Å². The molecule has 9 heteroatoms. The SMILES string of the molecule is CCn1ncc(Br)c1CN(C)C(=O)c1nn(C)cc1C(=O)O. The summed E-state index contributed by atoms with van der Waals surface area (Å²) >= 11 is 3.40. The molecule has 2 rings (SSSR count). The highest BCUT2D eigenvalue weighted by molar-refractivity contribution is 9.10. The Morgan fingerprint density at radius 2 is 2.14 bits per heavy atom. The maximum absolute atomic E-state index is 12.5. The second-order valence-corrected chi connectivity index (χ2v) is 5.64. The van der Waals surface area contributed by atoms with E-state index in [-0.39, 0.29) is 11.3 Å². The van der Waals surface area contributed by atoms with Crippen molar-refractivity contribution < 1.29 is 14.7 Å². The molecule has 2 aromatic rings. The Bertz CT molecular complexity index is 721. The van der Waals surface area contributed by atoms with Crippen molar-refractivity contribution >= 4 is 27.8 Å². The van der Waals surface area contributed by atoms with Crippen LogP contribution in [0.15, 0.2) is 16.9 Å². The smallest absolute Gasteiger partial charge is 0.339 e. The summed E-state index contributed by atoms with van der Waals surface area (Å²) in [5.41, 5.74) is 0.657. The fourth-order valence-corrected chi connectivity index (χ4v) is 2.52. The van der Waals surface area contributed by atoms with Gasteiger partial charge in [-0.1, -0.05) is 0 Å². The van der Waals surface area contributed by atoms with Crippen molar-refractivity contribution in [1.29, 1.82) is 0 Å². The van der Waals surface area contributed by atoms with E-state index in [2.05, 4.69) is 26.1 Å². The second kappa shape index (κ2) is 6.30. The van der Waals surface area contributed by atoms with Crippen LogP contribution >= 0.6 is 15.9 Å². The number of carbonyl (C=O) groups is 2. The van der Waals surface area contributed by atoms with Gasteiger partial charge in [0.05, 0.1) is 22.9 Å². The van der Waals surface area contributed by atoms with Crippen LogP contribution in [0.2, 0.25) is 0 Å². The van der Waals surface area contributed by atoms with E-state index in [9.17, 15) is 9.59 Å². The third-order valence-corrected chi connectivity index (χ3v) is 3.86. The average Bonchev–Trinajstić information content (AvgIpc) is 3.02. The minimum absolute atomic E-state index is 0.0730. The molecule has 1 amide bonds. The molecule has 0 radical (unpaired) electrons. The van der Waals surface area contributed by atoms with Crippen LogP contribution in [-0.2, 0) is 20.1 Å². The van der Waals surface area contributed by atoms with Crippen molar-refractivity contribution in [1.82, 2.24) is 24.5 Å². The molecule has 0 aliphatic heterocycles. The highest BCUT2D eigenvalue weighted by atomic mass is 79.9. The van der Waals surface area contributed by atoms with Crippen LogP contribution in [0.5, 0.6) is 0 Å². The highest BCUT2D eigenvalue weighted by Gasteiger charge is 2.24. The van der Waals surface area contributed by atoms with Crippen molar-refractivity contribution in [3.63, 3.8) is 0 Å². The molecule has 0 atom stereocenters. The first kappa shape index (κ1) is 16.2. The molecule has 0 bridgehead atoms. The fraction of sp³-hybridized carbons (Fsp3) is 0.385. The van der Waals surface area contributed by atoms with Crippen LogP contribution in [0.25, 0.3) is 0 Å². The van der Waals surface area contributed by atoms with Gasteiger partial charge in [-0.15, -0.1) is 0 Å². The minimum Gasteiger partial charge on any atom is -0.478 e. The molecule has 0 aliphatic rings. The summed E-state index contributed by atoms with van der Waals surface area (Å²) in [6.45, 7) is 2.92. The molecule has 0 aromatic carbocycles. The van der Waals surface area contributed by atoms with Gasteiger partial charge in [-0.05, 0) is 22.9 Å². The molecule has 0 unspecified atom stereocenters. The van der Waals surface area contributed by atoms with Gasteiger partial charge in [0.1, 0.15) is 5.56 Å². The Kier molecular flexibility index (Phi) is 4.65. The number of nitrogens with zero attached hydrogens (tertiary/aromatic N) is 5. The molecular formula is C13H16BrN5O3. The summed E-state index contributed by atoms with van der Waals surface area (Å²) in [7, 11) is 3.17. The van der Waals surface area contributed by atoms with E-state index in [0.717, 1.165) is 10.2 Å². The van der Waals surface area contributed by atoms with Crippen molar-refractivity contribution in [3.8, 4) is 0 Å². The summed E-state index contributed by atoms with van der Waals surface area (Å²) in [6, 6.07) is 0. The van der Waals surface area contributed by atoms with Crippen molar-refractivity contribution in [2.45, 2.75) is 20.0 Å². The predicted octanol–water partition coefficient (Wildman–Crippen LogP) is 1.37. The van der Waals surface area contributed by atoms with E-state index < -0.39 is 11.9 Å². The quantitative estimate of drug-likeness (QED) is 0.858. The lowest BCUT2D eigenvalue weighted by molar-refractivity contribution is 0.0679. The van der Waals surface area contributed by atoms with Crippen LogP contribution in [0.1, 0.15) is 33.5 Å². The summed E-state index contributed by atoms with van der Waals surface area (Å²) < 4.78 is 3.88. The number of carboxylic acid groups (broad SMARTS) is 1. The average molecular weight is 370 g/mol. The Morgan fingerprint density at radius 1 is 1.45 bits per heavy atom. The Labute approximate surface area is 135 Å². The second-order valence-electron chi connectivity index (χ2n) is 4.79. The van der Waals surface area contributed by atoms with Crippen LogP contribution in [0.3, 0.4) is 0 Å². The third-order valence-electron chi connectivity index (χ3n) is 3.19. The molecule has 22 heavy (non-hydrogen) atoms. The fourth-order valence-electron chi connectivity index (χ4n) is 2.10. The van der Waals surface area contributed by atoms with Crippen LogP contribution in [0.4, 0.5) is 0 Å². The standard InChI is InChI=1S/C13H16BrN5O3/c1-4-19-10(9(14)5-15-19)7-17(2)12(20)11-8(13(21)22)6-18(3)16-11/h5-6H,4,7H2,1-3H3,(H,21,22). The first-order chi connectivity index (χ1) is 10.3. The molecule has 0 saturated carbocycles. The lowest BCUT2D eigenvalue weighted by Gasteiger charge is -2.17. The zero-order chi connectivity index (χ0) is 16.4. The third kappa shape index (κ3) is 3.03. The van der Waals surface area contributed by atoms with E-state index in [1.54, 1.807) is 25.0 Å². The number of amides is 1. The van der Waals surface area contributed by atoms with E-state index in [1.165, 1.54) is 15.8 Å². The Hall–Kier alpha value is -2.16. The minimum atomic E-state index is -1.18. The molecule has 0 saturated heterocycles. The van der Waals surface area contributed by atoms with Gasteiger partial charge in [-0.2, -0.15) is 10.2 Å². The van der Waals surface area contributed by atoms with Gasteiger partial charge >= 0.3 is 5.97 Å². The van der Waals surface area contributed by atoms with Gasteiger partial charge in [0.2, 0.25) is 0 Å². The van der Waals surface area contributed by atoms with Crippen LogP contribution in [-0.4, -0.2) is 48.5 Å². The van der Waals surface area contributed by atoms with E-state index in [0.29, 0.717) is 13.1 Å². The summed E-state index contributed by atoms with van der Waals surface area (Å²) in [6.07, 6.45) is 2.98. The molecule has 118 valence electrons. The lowest BCUT2D eigenvalue weighted by atomic mass is 10.2. The van der Waals surface area contributed by atoms with Gasteiger partial charge in [0.25, 0.3) is 5.91 Å². The maximum atomic E-state index is 12.5. The van der Waals surface area contributed by atoms with Crippen molar-refractivity contribution in [2.24, 2.45) is 7.05 Å². The van der Waals surface area contributed by atoms with Gasteiger partial charge in [0, 0.05) is 26.8 Å². The Balaban J connectivity index is 2.26. The molecule has 2 aromatic heterocycles. The molecule has 0 spiro atoms. The molecular weight excluding hydrogens is 354 g/mol. The molecule has 1 N–H and O–H groups in total. The van der Waals surface area contributed by atoms with Gasteiger partial charge < -0.3 is 10.0 Å². The number of hydrogen-bond acceptors (Lipinski definition) is 4. The molecule has 0 aliphatic carbocycles. The van der Waals surface area contributed by atoms with Gasteiger partial charge in [-0.3, -0.25) is 14.2 Å². The molecule has 0 fully saturated rings. The number of hydrogen-bond donors (Lipinski definition) is 1. The molecule has 8 nitrogen and oxygen atoms in total.